The molecule has 2 nitrogen and oxygen atoms in total. The topological polar surface area (TPSA) is 37.3 Å². The molecule has 0 saturated heterocycles. The van der Waals surface area contributed by atoms with Gasteiger partial charge in [0, 0.05) is 5.57 Å². The lowest BCUT2D eigenvalue weighted by Crippen LogP contribution is -2.00. The molecule has 88 valence electrons. The van der Waals surface area contributed by atoms with E-state index < -0.39 is 5.97 Å². The van der Waals surface area contributed by atoms with E-state index in [1.807, 2.05) is 6.08 Å². The lowest BCUT2D eigenvalue weighted by Gasteiger charge is -2.02. The lowest BCUT2D eigenvalue weighted by atomic mass is 10.0. The van der Waals surface area contributed by atoms with Crippen molar-refractivity contribution in [3.63, 3.8) is 0 Å². The molecule has 0 aromatic carbocycles. The molecule has 2 heteroatoms. The highest BCUT2D eigenvalue weighted by molar-refractivity contribution is 5.86. The third-order valence-electron chi connectivity index (χ3n) is 2.52. The molecule has 0 aromatic rings. The molecule has 0 unspecified atom stereocenters. The van der Waals surface area contributed by atoms with E-state index in [0.29, 0.717) is 5.57 Å². The minimum atomic E-state index is -0.734. The van der Waals surface area contributed by atoms with Gasteiger partial charge >= 0.3 is 5.97 Å². The summed E-state index contributed by atoms with van der Waals surface area (Å²) >= 11 is 0. The van der Waals surface area contributed by atoms with Crippen molar-refractivity contribution in [1.29, 1.82) is 0 Å². The Balaban J connectivity index is 3.83. The highest BCUT2D eigenvalue weighted by atomic mass is 16.4. The fraction of sp³-hybridized carbons (Fsp3) is 0.769. The molecule has 0 aliphatic carbocycles. The molecule has 0 atom stereocenters. The summed E-state index contributed by atoms with van der Waals surface area (Å²) in [5, 5.41) is 8.96. The minimum absolute atomic E-state index is 0.611. The van der Waals surface area contributed by atoms with E-state index in [1.165, 1.54) is 12.8 Å². The molecular formula is C13H24O2. The Labute approximate surface area is 93.4 Å². The Bertz CT molecular complexity index is 195. The SMILES string of the molecule is CCCCC=C(CCCCCC)C(=O)O. The molecule has 0 amide bonds. The molecular weight excluding hydrogens is 188 g/mol. The van der Waals surface area contributed by atoms with Crippen molar-refractivity contribution in [2.75, 3.05) is 0 Å². The van der Waals surface area contributed by atoms with Crippen molar-refractivity contribution in [2.45, 2.75) is 65.2 Å². The van der Waals surface area contributed by atoms with Crippen LogP contribution < -0.4 is 0 Å². The van der Waals surface area contributed by atoms with Gasteiger partial charge in [-0.25, -0.2) is 4.79 Å². The van der Waals surface area contributed by atoms with Crippen molar-refractivity contribution < 1.29 is 9.90 Å². The molecule has 0 aromatic heterocycles. The third kappa shape index (κ3) is 8.22. The fourth-order valence-electron chi connectivity index (χ4n) is 1.52. The van der Waals surface area contributed by atoms with Gasteiger partial charge in [-0.3, -0.25) is 0 Å². The van der Waals surface area contributed by atoms with Crippen molar-refractivity contribution in [2.24, 2.45) is 0 Å². The predicted octanol–water partition coefficient (Wildman–Crippen LogP) is 4.16. The number of carboxylic acid groups (broad SMARTS) is 1. The lowest BCUT2D eigenvalue weighted by molar-refractivity contribution is -0.132. The highest BCUT2D eigenvalue weighted by Gasteiger charge is 2.05. The predicted molar refractivity (Wildman–Crippen MR) is 64.0 cm³/mol. The van der Waals surface area contributed by atoms with Crippen LogP contribution in [0, 0.1) is 0 Å². The first kappa shape index (κ1) is 14.2. The second kappa shape index (κ2) is 9.75. The molecule has 0 fully saturated rings. The van der Waals surface area contributed by atoms with Gasteiger partial charge in [0.2, 0.25) is 0 Å². The molecule has 0 spiro atoms. The van der Waals surface area contributed by atoms with E-state index in [-0.39, 0.29) is 0 Å². The van der Waals surface area contributed by atoms with Crippen LogP contribution in [-0.4, -0.2) is 11.1 Å². The molecule has 0 aliphatic heterocycles. The molecule has 0 radical (unpaired) electrons. The van der Waals surface area contributed by atoms with Crippen LogP contribution in [-0.2, 0) is 4.79 Å². The van der Waals surface area contributed by atoms with Gasteiger partial charge in [0.1, 0.15) is 0 Å². The maximum atomic E-state index is 10.9. The zero-order chi connectivity index (χ0) is 11.5. The number of rotatable bonds is 9. The summed E-state index contributed by atoms with van der Waals surface area (Å²) in [6, 6.07) is 0. The minimum Gasteiger partial charge on any atom is -0.478 e. The summed E-state index contributed by atoms with van der Waals surface area (Å²) in [6.07, 6.45) is 10.3. The first-order valence-electron chi connectivity index (χ1n) is 6.14. The van der Waals surface area contributed by atoms with E-state index in [0.717, 1.165) is 38.5 Å². The third-order valence-corrected chi connectivity index (χ3v) is 2.52. The smallest absolute Gasteiger partial charge is 0.331 e. The summed E-state index contributed by atoms with van der Waals surface area (Å²) < 4.78 is 0. The Kier molecular flexibility index (Phi) is 9.24. The van der Waals surface area contributed by atoms with Crippen LogP contribution in [0.5, 0.6) is 0 Å². The van der Waals surface area contributed by atoms with Crippen LogP contribution >= 0.6 is 0 Å². The van der Waals surface area contributed by atoms with E-state index in [1.54, 1.807) is 0 Å². The van der Waals surface area contributed by atoms with Crippen LogP contribution in [0.15, 0.2) is 11.6 Å². The maximum Gasteiger partial charge on any atom is 0.331 e. The van der Waals surface area contributed by atoms with E-state index in [9.17, 15) is 4.79 Å². The Morgan fingerprint density at radius 1 is 1.07 bits per heavy atom. The highest BCUT2D eigenvalue weighted by Crippen LogP contribution is 2.12. The van der Waals surface area contributed by atoms with Crippen molar-refractivity contribution in [1.82, 2.24) is 0 Å². The zero-order valence-corrected chi connectivity index (χ0v) is 10.1. The van der Waals surface area contributed by atoms with E-state index in [2.05, 4.69) is 13.8 Å². The first-order chi connectivity index (χ1) is 7.22. The van der Waals surface area contributed by atoms with Crippen molar-refractivity contribution in [3.05, 3.63) is 11.6 Å². The summed E-state index contributed by atoms with van der Waals surface area (Å²) in [4.78, 5) is 10.9. The molecule has 1 N–H and O–H groups in total. The molecule has 0 aliphatic rings. The van der Waals surface area contributed by atoms with Crippen LogP contribution in [0.1, 0.15) is 65.2 Å². The molecule has 15 heavy (non-hydrogen) atoms. The maximum absolute atomic E-state index is 10.9. The summed E-state index contributed by atoms with van der Waals surface area (Å²) in [5.74, 6) is -0.734. The van der Waals surface area contributed by atoms with Gasteiger partial charge in [0.05, 0.1) is 0 Å². The average Bonchev–Trinajstić information content (AvgIpc) is 2.21. The molecule has 0 heterocycles. The monoisotopic (exact) mass is 212 g/mol. The number of aliphatic carboxylic acids is 1. The van der Waals surface area contributed by atoms with E-state index in [4.69, 9.17) is 5.11 Å². The van der Waals surface area contributed by atoms with Gasteiger partial charge in [0.25, 0.3) is 0 Å². The Morgan fingerprint density at radius 3 is 2.27 bits per heavy atom. The second-order valence-electron chi connectivity index (χ2n) is 3.99. The van der Waals surface area contributed by atoms with Crippen molar-refractivity contribution in [3.8, 4) is 0 Å². The number of carbonyl (C=O) groups is 1. The van der Waals surface area contributed by atoms with Gasteiger partial charge in [-0.15, -0.1) is 0 Å². The van der Waals surface area contributed by atoms with E-state index >= 15 is 0 Å². The Hall–Kier alpha value is -0.790. The normalized spacial score (nSPS) is 11.7. The van der Waals surface area contributed by atoms with Crippen LogP contribution in [0.2, 0.25) is 0 Å². The van der Waals surface area contributed by atoms with Gasteiger partial charge in [-0.2, -0.15) is 0 Å². The summed E-state index contributed by atoms with van der Waals surface area (Å²) in [6.45, 7) is 4.28. The second-order valence-corrected chi connectivity index (χ2v) is 3.99. The number of allylic oxidation sites excluding steroid dienone is 1. The number of hydrogen-bond donors (Lipinski definition) is 1. The van der Waals surface area contributed by atoms with Crippen LogP contribution in [0.25, 0.3) is 0 Å². The van der Waals surface area contributed by atoms with Gasteiger partial charge in [-0.1, -0.05) is 52.0 Å². The molecule has 0 rings (SSSR count). The molecule has 0 saturated carbocycles. The zero-order valence-electron chi connectivity index (χ0n) is 10.1. The van der Waals surface area contributed by atoms with Crippen LogP contribution in [0.3, 0.4) is 0 Å². The summed E-state index contributed by atoms with van der Waals surface area (Å²) in [5.41, 5.74) is 0.611. The largest absolute Gasteiger partial charge is 0.478 e. The average molecular weight is 212 g/mol. The van der Waals surface area contributed by atoms with Gasteiger partial charge < -0.3 is 5.11 Å². The standard InChI is InChI=1S/C13H24O2/c1-3-5-7-9-11-12(13(14)15)10-8-6-4-2/h10H,3-9,11H2,1-2H3,(H,14,15). The fourth-order valence-corrected chi connectivity index (χ4v) is 1.52. The van der Waals surface area contributed by atoms with Crippen molar-refractivity contribution >= 4 is 5.97 Å². The first-order valence-corrected chi connectivity index (χ1v) is 6.14. The number of carboxylic acids is 1. The number of hydrogen-bond acceptors (Lipinski definition) is 1. The molecule has 0 bridgehead atoms. The quantitative estimate of drug-likeness (QED) is 0.460. The van der Waals surface area contributed by atoms with Crippen LogP contribution in [0.4, 0.5) is 0 Å². The Morgan fingerprint density at radius 2 is 1.73 bits per heavy atom. The van der Waals surface area contributed by atoms with Gasteiger partial charge in [0.15, 0.2) is 0 Å². The number of unbranched alkanes of at least 4 members (excludes halogenated alkanes) is 5. The summed E-state index contributed by atoms with van der Waals surface area (Å²) in [7, 11) is 0. The van der Waals surface area contributed by atoms with Gasteiger partial charge in [-0.05, 0) is 19.3 Å².